The van der Waals surface area contributed by atoms with Crippen molar-refractivity contribution >= 4 is 33.2 Å². The summed E-state index contributed by atoms with van der Waals surface area (Å²) < 4.78 is 35.3. The van der Waals surface area contributed by atoms with Crippen molar-refractivity contribution in [1.82, 2.24) is 10.0 Å². The third-order valence-electron chi connectivity index (χ3n) is 9.89. The maximum atomic E-state index is 13.4. The third-order valence-corrected chi connectivity index (χ3v) is 12.0. The van der Waals surface area contributed by atoms with Crippen molar-refractivity contribution in [3.05, 3.63) is 70.3 Å². The fourth-order valence-corrected chi connectivity index (χ4v) is 8.23. The molecule has 1 amide bonds. The Morgan fingerprint density at radius 1 is 1.13 bits per heavy atom. The maximum absolute atomic E-state index is 13.4. The minimum absolute atomic E-state index is 0.0328. The van der Waals surface area contributed by atoms with E-state index in [2.05, 4.69) is 14.9 Å². The van der Waals surface area contributed by atoms with Crippen molar-refractivity contribution in [3.8, 4) is 5.75 Å². The van der Waals surface area contributed by atoms with Crippen molar-refractivity contribution in [2.45, 2.75) is 69.8 Å². The number of aliphatic hydroxyl groups is 2. The second-order valence-electron chi connectivity index (χ2n) is 12.9. The molecule has 0 aromatic heterocycles. The number of aryl methyl sites for hydroxylation is 1. The standard InChI is InChI=1S/C34H46ClN3O6S/c1-23-6-5-14-34(41,22-36-15-17-39)30-12-9-27(30)20-38-16-4-3-7-25-18-29(35)11-8-28(25)21-44-32-13-10-26(19-31(32)38)33(40)37-45(42,43)24(23)2/h5,8,10-11,13-14,18-19,23-24,27,30,36,39,41H,3-4,6-7,9,12,15-17,20-22H2,1-2H3,(H,37,40)/b14-5+/t23-,24+,27-,30+,34-/m0/s1. The Morgan fingerprint density at radius 3 is 2.71 bits per heavy atom. The number of anilines is 1. The first-order valence-electron chi connectivity index (χ1n) is 16.1. The molecule has 2 aromatic rings. The third kappa shape index (κ3) is 7.85. The number of aliphatic hydroxyl groups excluding tert-OH is 1. The Hall–Kier alpha value is -2.63. The minimum atomic E-state index is -3.98. The zero-order valence-corrected chi connectivity index (χ0v) is 27.7. The summed E-state index contributed by atoms with van der Waals surface area (Å²) in [5.41, 5.74) is 2.01. The molecule has 2 aliphatic heterocycles. The number of fused-ring (bicyclic) bond motifs is 3. The SMILES string of the molecule is C[C@@H]1[C@@H](C)C/C=C/[C@](O)(CNCCO)[C@@H]2CC[C@H]2CN2CCCCc3cc(Cl)ccc3COc3ccc(cc32)C(=O)NS1(=O)=O. The molecule has 0 radical (unpaired) electrons. The van der Waals surface area contributed by atoms with Gasteiger partial charge in [0.15, 0.2) is 0 Å². The number of benzene rings is 2. The first-order valence-corrected chi connectivity index (χ1v) is 18.0. The minimum Gasteiger partial charge on any atom is -0.487 e. The van der Waals surface area contributed by atoms with Gasteiger partial charge in [-0.25, -0.2) is 13.1 Å². The van der Waals surface area contributed by atoms with Crippen LogP contribution in [0.25, 0.3) is 0 Å². The molecule has 1 fully saturated rings. The summed E-state index contributed by atoms with van der Waals surface area (Å²) in [6.45, 7) is 5.73. The van der Waals surface area contributed by atoms with Crippen molar-refractivity contribution < 1.29 is 28.2 Å². The van der Waals surface area contributed by atoms with Crippen molar-refractivity contribution in [1.29, 1.82) is 0 Å². The van der Waals surface area contributed by atoms with E-state index in [0.29, 0.717) is 43.4 Å². The monoisotopic (exact) mass is 659 g/mol. The Bertz CT molecular complexity index is 1500. The number of carbonyl (C=O) groups excluding carboxylic acids is 1. The number of halogens is 1. The maximum Gasteiger partial charge on any atom is 0.264 e. The zero-order chi connectivity index (χ0) is 32.2. The van der Waals surface area contributed by atoms with E-state index >= 15 is 0 Å². The van der Waals surface area contributed by atoms with Crippen LogP contribution in [0.3, 0.4) is 0 Å². The number of hydrogen-bond donors (Lipinski definition) is 4. The van der Waals surface area contributed by atoms with Gasteiger partial charge in [0, 0.05) is 36.8 Å². The molecule has 4 N–H and O–H groups in total. The molecule has 0 saturated heterocycles. The van der Waals surface area contributed by atoms with Gasteiger partial charge in [-0.15, -0.1) is 0 Å². The molecule has 2 heterocycles. The highest BCUT2D eigenvalue weighted by Crippen LogP contribution is 2.45. The predicted octanol–water partition coefficient (Wildman–Crippen LogP) is 4.45. The van der Waals surface area contributed by atoms with Crippen LogP contribution in [0.1, 0.15) is 67.4 Å². The molecule has 9 nitrogen and oxygen atoms in total. The number of rotatable bonds is 4. The van der Waals surface area contributed by atoms with Crippen LogP contribution in [0.2, 0.25) is 5.02 Å². The summed E-state index contributed by atoms with van der Waals surface area (Å²) in [6.07, 6.45) is 8.58. The van der Waals surface area contributed by atoms with Crippen LogP contribution in [-0.2, 0) is 23.1 Å². The molecule has 11 heteroatoms. The Labute approximate surface area is 272 Å². The average Bonchev–Trinajstić information content (AvgIpc) is 3.01. The van der Waals surface area contributed by atoms with Gasteiger partial charge >= 0.3 is 0 Å². The largest absolute Gasteiger partial charge is 0.487 e. The van der Waals surface area contributed by atoms with E-state index in [9.17, 15) is 23.4 Å². The van der Waals surface area contributed by atoms with Gasteiger partial charge in [-0.2, -0.15) is 0 Å². The van der Waals surface area contributed by atoms with Gasteiger partial charge in [0.25, 0.3) is 5.91 Å². The lowest BCUT2D eigenvalue weighted by Crippen LogP contribution is -2.54. The van der Waals surface area contributed by atoms with E-state index in [0.717, 1.165) is 48.9 Å². The number of sulfonamides is 1. The molecule has 2 aromatic carbocycles. The van der Waals surface area contributed by atoms with Crippen molar-refractivity contribution in [2.24, 2.45) is 17.8 Å². The van der Waals surface area contributed by atoms with Gasteiger partial charge in [-0.1, -0.05) is 36.7 Å². The first-order chi connectivity index (χ1) is 21.5. The quantitative estimate of drug-likeness (QED) is 0.280. The summed E-state index contributed by atoms with van der Waals surface area (Å²) in [5.74, 6) is -0.229. The van der Waals surface area contributed by atoms with E-state index in [1.165, 1.54) is 0 Å². The van der Waals surface area contributed by atoms with Crippen LogP contribution in [0.4, 0.5) is 5.69 Å². The molecule has 5 rings (SSSR count). The normalized spacial score (nSPS) is 29.5. The van der Waals surface area contributed by atoms with Gasteiger partial charge < -0.3 is 25.2 Å². The topological polar surface area (TPSA) is 128 Å². The number of ether oxygens (including phenoxy) is 1. The molecule has 1 aliphatic carbocycles. The second-order valence-corrected chi connectivity index (χ2v) is 15.4. The summed E-state index contributed by atoms with van der Waals surface area (Å²) >= 11 is 6.33. The fourth-order valence-electron chi connectivity index (χ4n) is 6.75. The van der Waals surface area contributed by atoms with Gasteiger partial charge in [-0.3, -0.25) is 4.79 Å². The smallest absolute Gasteiger partial charge is 0.264 e. The number of nitrogens with zero attached hydrogens (tertiary/aromatic N) is 1. The molecule has 5 atom stereocenters. The average molecular weight is 660 g/mol. The predicted molar refractivity (Wildman–Crippen MR) is 177 cm³/mol. The molecule has 1 saturated carbocycles. The van der Waals surface area contributed by atoms with E-state index in [1.807, 2.05) is 37.3 Å². The Morgan fingerprint density at radius 2 is 1.96 bits per heavy atom. The number of hydrogen-bond acceptors (Lipinski definition) is 8. The molecular weight excluding hydrogens is 614 g/mol. The summed E-state index contributed by atoms with van der Waals surface area (Å²) in [7, 11) is -3.98. The summed E-state index contributed by atoms with van der Waals surface area (Å²) in [4.78, 5) is 15.6. The highest BCUT2D eigenvalue weighted by atomic mass is 35.5. The molecular formula is C34H46ClN3O6S. The van der Waals surface area contributed by atoms with Crippen LogP contribution >= 0.6 is 11.6 Å². The van der Waals surface area contributed by atoms with E-state index in [4.69, 9.17) is 16.3 Å². The highest BCUT2D eigenvalue weighted by molar-refractivity contribution is 7.90. The Kier molecular flexibility index (Phi) is 10.8. The lowest BCUT2D eigenvalue weighted by molar-refractivity contribution is -0.0438. The highest BCUT2D eigenvalue weighted by Gasteiger charge is 2.45. The van der Waals surface area contributed by atoms with Gasteiger partial charge in [0.2, 0.25) is 10.0 Å². The summed E-state index contributed by atoms with van der Waals surface area (Å²) in [6, 6.07) is 11.0. The van der Waals surface area contributed by atoms with E-state index in [1.54, 1.807) is 25.1 Å². The summed E-state index contributed by atoms with van der Waals surface area (Å²) in [5, 5.41) is 24.4. The molecule has 0 spiro atoms. The van der Waals surface area contributed by atoms with Crippen LogP contribution in [0.15, 0.2) is 48.6 Å². The van der Waals surface area contributed by atoms with Gasteiger partial charge in [-0.05, 0) is 105 Å². The van der Waals surface area contributed by atoms with Gasteiger partial charge in [0.1, 0.15) is 12.4 Å². The Balaban J connectivity index is 1.55. The van der Waals surface area contributed by atoms with Crippen LogP contribution in [0.5, 0.6) is 5.75 Å². The van der Waals surface area contributed by atoms with Crippen LogP contribution in [0, 0.1) is 17.8 Å². The first kappa shape index (κ1) is 33.7. The van der Waals surface area contributed by atoms with E-state index < -0.39 is 26.8 Å². The van der Waals surface area contributed by atoms with Gasteiger partial charge in [0.05, 0.1) is 23.1 Å². The lowest BCUT2D eigenvalue weighted by atomic mass is 9.64. The number of carbonyl (C=O) groups is 1. The van der Waals surface area contributed by atoms with E-state index in [-0.39, 0.29) is 36.5 Å². The fraction of sp³-hybridized carbons (Fsp3) is 0.559. The lowest BCUT2D eigenvalue weighted by Gasteiger charge is -2.48. The zero-order valence-electron chi connectivity index (χ0n) is 26.2. The van der Waals surface area contributed by atoms with Crippen LogP contribution in [-0.4, -0.2) is 68.2 Å². The van der Waals surface area contributed by atoms with Crippen molar-refractivity contribution in [3.63, 3.8) is 0 Å². The molecule has 0 unspecified atom stereocenters. The molecule has 246 valence electrons. The molecule has 45 heavy (non-hydrogen) atoms. The molecule has 3 aliphatic rings. The van der Waals surface area contributed by atoms with Crippen LogP contribution < -0.4 is 19.7 Å². The number of nitrogens with one attached hydrogen (secondary N) is 2. The second kappa shape index (κ2) is 14.4. The van der Waals surface area contributed by atoms with Crippen molar-refractivity contribution in [2.75, 3.05) is 37.7 Å². The molecule has 2 bridgehead atoms. The number of allylic oxidation sites excluding steroid dienone is 1. The number of amides is 1.